The number of halogens is 1. The molecule has 2 aliphatic heterocycles. The van der Waals surface area contributed by atoms with Crippen molar-refractivity contribution in [3.63, 3.8) is 0 Å². The van der Waals surface area contributed by atoms with Crippen LogP contribution in [-0.2, 0) is 4.74 Å². The summed E-state index contributed by atoms with van der Waals surface area (Å²) >= 11 is 0. The molecule has 2 aromatic rings. The summed E-state index contributed by atoms with van der Waals surface area (Å²) < 4.78 is 19.7. The fourth-order valence-corrected chi connectivity index (χ4v) is 4.03. The second kappa shape index (κ2) is 7.93. The van der Waals surface area contributed by atoms with Crippen LogP contribution in [0.4, 0.5) is 20.7 Å². The van der Waals surface area contributed by atoms with Gasteiger partial charge in [0.05, 0.1) is 11.7 Å². The van der Waals surface area contributed by atoms with Gasteiger partial charge >= 0.3 is 6.09 Å². The lowest BCUT2D eigenvalue weighted by molar-refractivity contribution is 0.0746. The molecule has 1 aromatic heterocycles. The fraction of sp³-hybridized carbons (Fsp3) is 0.409. The molecule has 2 aliphatic rings. The first-order valence-corrected chi connectivity index (χ1v) is 10.1. The minimum absolute atomic E-state index is 0.132. The van der Waals surface area contributed by atoms with Crippen molar-refractivity contribution in [2.24, 2.45) is 0 Å². The van der Waals surface area contributed by atoms with Crippen molar-refractivity contribution in [2.45, 2.75) is 26.8 Å². The standard InChI is InChI=1S/C22H25FN4O3/c1-14-10-15(2)20(24-12-14)25-6-8-26(9-7-25)21(28)17-4-5-19(18(23)11-17)27-16(3)13-30-22(27)29/h4-5,10-12,16H,6-9,13H2,1-3H3/t16-/m1/s1. The molecule has 1 atom stereocenters. The molecule has 0 spiro atoms. The number of carbonyl (C=O) groups is 2. The van der Waals surface area contributed by atoms with E-state index in [1.165, 1.54) is 17.0 Å². The van der Waals surface area contributed by atoms with Gasteiger partial charge in [-0.25, -0.2) is 14.2 Å². The van der Waals surface area contributed by atoms with Crippen LogP contribution in [0, 0.1) is 19.7 Å². The lowest BCUT2D eigenvalue weighted by Gasteiger charge is -2.36. The van der Waals surface area contributed by atoms with Crippen molar-refractivity contribution in [2.75, 3.05) is 42.6 Å². The lowest BCUT2D eigenvalue weighted by Crippen LogP contribution is -2.49. The smallest absolute Gasteiger partial charge is 0.414 e. The van der Waals surface area contributed by atoms with Gasteiger partial charge in [-0.15, -0.1) is 0 Å². The number of anilines is 2. The van der Waals surface area contributed by atoms with Crippen molar-refractivity contribution in [3.05, 3.63) is 53.0 Å². The number of piperazine rings is 1. The third kappa shape index (κ3) is 3.69. The van der Waals surface area contributed by atoms with E-state index in [4.69, 9.17) is 4.74 Å². The first-order chi connectivity index (χ1) is 14.3. The van der Waals surface area contributed by atoms with Crippen molar-refractivity contribution >= 4 is 23.5 Å². The van der Waals surface area contributed by atoms with Crippen LogP contribution in [0.3, 0.4) is 0 Å². The zero-order chi connectivity index (χ0) is 21.4. The number of aryl methyl sites for hydroxylation is 2. The van der Waals surface area contributed by atoms with Crippen LogP contribution in [-0.4, -0.2) is 60.7 Å². The maximum Gasteiger partial charge on any atom is 0.414 e. The van der Waals surface area contributed by atoms with Gasteiger partial charge in [-0.3, -0.25) is 9.69 Å². The molecule has 2 amide bonds. The molecule has 0 bridgehead atoms. The number of aromatic nitrogens is 1. The van der Waals surface area contributed by atoms with Crippen molar-refractivity contribution < 1.29 is 18.7 Å². The maximum absolute atomic E-state index is 14.7. The second-order valence-corrected chi connectivity index (χ2v) is 7.89. The van der Waals surface area contributed by atoms with Gasteiger partial charge in [-0.2, -0.15) is 0 Å². The van der Waals surface area contributed by atoms with Crippen molar-refractivity contribution in [1.82, 2.24) is 9.88 Å². The lowest BCUT2D eigenvalue weighted by atomic mass is 10.1. The number of pyridine rings is 1. The normalized spacial score (nSPS) is 19.3. The van der Waals surface area contributed by atoms with Crippen LogP contribution in [0.2, 0.25) is 0 Å². The topological polar surface area (TPSA) is 66.0 Å². The third-order valence-electron chi connectivity index (χ3n) is 5.59. The summed E-state index contributed by atoms with van der Waals surface area (Å²) in [6.07, 6.45) is 1.28. The minimum atomic E-state index is -0.607. The Morgan fingerprint density at radius 1 is 1.17 bits per heavy atom. The van der Waals surface area contributed by atoms with Gasteiger partial charge < -0.3 is 14.5 Å². The van der Waals surface area contributed by atoms with Gasteiger partial charge in [0.1, 0.15) is 18.2 Å². The summed E-state index contributed by atoms with van der Waals surface area (Å²) in [6, 6.07) is 6.09. The molecular weight excluding hydrogens is 387 g/mol. The summed E-state index contributed by atoms with van der Waals surface area (Å²) in [5.41, 5.74) is 2.64. The molecule has 0 saturated carbocycles. The molecule has 1 aromatic carbocycles. The zero-order valence-electron chi connectivity index (χ0n) is 17.4. The molecular formula is C22H25FN4O3. The number of cyclic esters (lactones) is 1. The van der Waals surface area contributed by atoms with Gasteiger partial charge in [0.25, 0.3) is 5.91 Å². The molecule has 2 saturated heterocycles. The largest absolute Gasteiger partial charge is 0.447 e. The van der Waals surface area contributed by atoms with Crippen LogP contribution in [0.1, 0.15) is 28.4 Å². The van der Waals surface area contributed by atoms with Crippen LogP contribution >= 0.6 is 0 Å². The fourth-order valence-electron chi connectivity index (χ4n) is 4.03. The Kier molecular flexibility index (Phi) is 5.32. The first-order valence-electron chi connectivity index (χ1n) is 10.1. The molecule has 8 heteroatoms. The monoisotopic (exact) mass is 412 g/mol. The van der Waals surface area contributed by atoms with E-state index >= 15 is 0 Å². The summed E-state index contributed by atoms with van der Waals surface area (Å²) in [4.78, 5) is 34.4. The first kappa shape index (κ1) is 20.1. The molecule has 0 aliphatic carbocycles. The summed E-state index contributed by atoms with van der Waals surface area (Å²) in [7, 11) is 0. The van der Waals surface area contributed by atoms with Gasteiger partial charge in [-0.05, 0) is 50.1 Å². The molecule has 7 nitrogen and oxygen atoms in total. The number of nitrogens with zero attached hydrogens (tertiary/aromatic N) is 4. The van der Waals surface area contributed by atoms with Gasteiger partial charge in [-0.1, -0.05) is 6.07 Å². The van der Waals surface area contributed by atoms with E-state index in [9.17, 15) is 14.0 Å². The predicted octanol–water partition coefficient (Wildman–Crippen LogP) is 3.15. The second-order valence-electron chi connectivity index (χ2n) is 7.89. The SMILES string of the molecule is Cc1cnc(N2CCN(C(=O)c3ccc(N4C(=O)OC[C@H]4C)c(F)c3)CC2)c(C)c1. The Balaban J connectivity index is 1.44. The zero-order valence-corrected chi connectivity index (χ0v) is 17.4. The number of ether oxygens (including phenoxy) is 1. The predicted molar refractivity (Wildman–Crippen MR) is 112 cm³/mol. The highest BCUT2D eigenvalue weighted by atomic mass is 19.1. The Labute approximate surface area is 175 Å². The van der Waals surface area contributed by atoms with Gasteiger partial charge in [0.2, 0.25) is 0 Å². The number of rotatable bonds is 3. The Hall–Kier alpha value is -3.16. The van der Waals surface area contributed by atoms with Gasteiger partial charge in [0, 0.05) is 37.9 Å². The van der Waals surface area contributed by atoms with Crippen molar-refractivity contribution in [1.29, 1.82) is 0 Å². The molecule has 0 unspecified atom stereocenters. The van der Waals surface area contributed by atoms with Crippen molar-refractivity contribution in [3.8, 4) is 0 Å². The number of amides is 2. The number of hydrogen-bond acceptors (Lipinski definition) is 5. The van der Waals surface area contributed by atoms with Crippen LogP contribution in [0.15, 0.2) is 30.5 Å². The van der Waals surface area contributed by atoms with E-state index < -0.39 is 11.9 Å². The highest BCUT2D eigenvalue weighted by Gasteiger charge is 2.33. The van der Waals surface area contributed by atoms with Crippen LogP contribution in [0.5, 0.6) is 0 Å². The maximum atomic E-state index is 14.7. The van der Waals surface area contributed by atoms with E-state index in [0.29, 0.717) is 26.2 Å². The molecule has 30 heavy (non-hydrogen) atoms. The average molecular weight is 412 g/mol. The van der Waals surface area contributed by atoms with E-state index in [-0.39, 0.29) is 29.8 Å². The van der Waals surface area contributed by atoms with E-state index in [1.807, 2.05) is 20.0 Å². The summed E-state index contributed by atoms with van der Waals surface area (Å²) in [5, 5.41) is 0. The number of carbonyl (C=O) groups excluding carboxylic acids is 2. The highest BCUT2D eigenvalue weighted by molar-refractivity contribution is 5.96. The molecule has 2 fully saturated rings. The molecule has 158 valence electrons. The quantitative estimate of drug-likeness (QED) is 0.775. The minimum Gasteiger partial charge on any atom is -0.447 e. The summed E-state index contributed by atoms with van der Waals surface area (Å²) in [6.45, 7) is 8.46. The Bertz CT molecular complexity index is 988. The molecule has 3 heterocycles. The number of hydrogen-bond donors (Lipinski definition) is 0. The highest BCUT2D eigenvalue weighted by Crippen LogP contribution is 2.27. The van der Waals surface area contributed by atoms with E-state index in [1.54, 1.807) is 17.9 Å². The van der Waals surface area contributed by atoms with E-state index in [2.05, 4.69) is 16.0 Å². The molecule has 0 radical (unpaired) electrons. The Morgan fingerprint density at radius 3 is 2.50 bits per heavy atom. The van der Waals surface area contributed by atoms with E-state index in [0.717, 1.165) is 16.9 Å². The third-order valence-corrected chi connectivity index (χ3v) is 5.59. The van der Waals surface area contributed by atoms with Gasteiger partial charge in [0.15, 0.2) is 0 Å². The molecule has 4 rings (SSSR count). The van der Waals surface area contributed by atoms with Crippen LogP contribution in [0.25, 0.3) is 0 Å². The Morgan fingerprint density at radius 2 is 1.90 bits per heavy atom. The molecule has 0 N–H and O–H groups in total. The number of benzene rings is 1. The van der Waals surface area contributed by atoms with Crippen LogP contribution < -0.4 is 9.80 Å². The average Bonchev–Trinajstić information content (AvgIpc) is 3.06. The summed E-state index contributed by atoms with van der Waals surface area (Å²) in [5.74, 6) is 0.116.